The third kappa shape index (κ3) is 2.82. The molecule has 2 aromatic heterocycles. The van der Waals surface area contributed by atoms with E-state index in [4.69, 9.17) is 0 Å². The van der Waals surface area contributed by atoms with Gasteiger partial charge in [0.1, 0.15) is 0 Å². The Morgan fingerprint density at radius 1 is 1.29 bits per heavy atom. The summed E-state index contributed by atoms with van der Waals surface area (Å²) in [4.78, 5) is 27.9. The zero-order chi connectivity index (χ0) is 14.8. The Balaban J connectivity index is 1.68. The molecule has 0 aliphatic carbocycles. The highest BCUT2D eigenvalue weighted by molar-refractivity contribution is 7.99. The highest BCUT2D eigenvalue weighted by Gasteiger charge is 2.15. The summed E-state index contributed by atoms with van der Waals surface area (Å²) >= 11 is 1.37. The van der Waals surface area contributed by atoms with Gasteiger partial charge in [0.15, 0.2) is 5.78 Å². The maximum atomic E-state index is 12.0. The van der Waals surface area contributed by atoms with Crippen LogP contribution in [0.25, 0.3) is 10.9 Å². The number of thioether (sulfide) groups is 1. The molecule has 2 heterocycles. The molecular weight excluding hydrogens is 290 g/mol. The molecule has 7 heteroatoms. The van der Waals surface area contributed by atoms with Crippen LogP contribution in [-0.2, 0) is 0 Å². The van der Waals surface area contributed by atoms with Crippen molar-refractivity contribution in [1.29, 1.82) is 0 Å². The van der Waals surface area contributed by atoms with Crippen LogP contribution in [0.2, 0.25) is 0 Å². The van der Waals surface area contributed by atoms with Crippen LogP contribution in [0, 0.1) is 10.1 Å². The first kappa shape index (κ1) is 13.4. The van der Waals surface area contributed by atoms with Gasteiger partial charge >= 0.3 is 0 Å². The number of Topliss-reactive ketones (excluding diaryl/α,β-unsaturated/α-hetero) is 1. The third-order valence-corrected chi connectivity index (χ3v) is 3.98. The second-order valence-corrected chi connectivity index (χ2v) is 5.48. The average Bonchev–Trinajstić information content (AvgIpc) is 3.11. The van der Waals surface area contributed by atoms with Gasteiger partial charge < -0.3 is 9.97 Å². The van der Waals surface area contributed by atoms with Gasteiger partial charge in [-0.1, -0.05) is 18.2 Å². The van der Waals surface area contributed by atoms with Gasteiger partial charge in [-0.15, -0.1) is 11.8 Å². The molecule has 106 valence electrons. The van der Waals surface area contributed by atoms with Crippen LogP contribution in [0.4, 0.5) is 5.69 Å². The molecule has 0 spiro atoms. The van der Waals surface area contributed by atoms with E-state index in [1.807, 2.05) is 30.3 Å². The van der Waals surface area contributed by atoms with Crippen molar-refractivity contribution in [1.82, 2.24) is 9.97 Å². The van der Waals surface area contributed by atoms with Crippen molar-refractivity contribution >= 4 is 34.1 Å². The summed E-state index contributed by atoms with van der Waals surface area (Å²) in [5.41, 5.74) is 1.17. The number of para-hydroxylation sites is 1. The van der Waals surface area contributed by atoms with Gasteiger partial charge in [0.2, 0.25) is 0 Å². The maximum Gasteiger partial charge on any atom is 0.287 e. The lowest BCUT2D eigenvalue weighted by Crippen LogP contribution is -2.02. The fourth-order valence-electron chi connectivity index (χ4n) is 1.99. The largest absolute Gasteiger partial charge is 0.353 e. The first-order valence-corrected chi connectivity index (χ1v) is 7.18. The number of carbonyl (C=O) groups is 1. The normalized spacial score (nSPS) is 10.9. The minimum Gasteiger partial charge on any atom is -0.353 e. The molecular formula is C14H11N3O3S. The first-order chi connectivity index (χ1) is 10.1. The second kappa shape index (κ2) is 5.45. The molecule has 0 atom stereocenters. The molecule has 0 aliphatic rings. The molecule has 3 aromatic rings. The van der Waals surface area contributed by atoms with Gasteiger partial charge in [0.05, 0.1) is 27.6 Å². The van der Waals surface area contributed by atoms with Crippen LogP contribution < -0.4 is 0 Å². The summed E-state index contributed by atoms with van der Waals surface area (Å²) in [6.45, 7) is 0. The van der Waals surface area contributed by atoms with E-state index in [1.165, 1.54) is 24.0 Å². The Bertz CT molecular complexity index is 789. The lowest BCUT2D eigenvalue weighted by molar-refractivity contribution is -0.384. The molecule has 0 fully saturated rings. The second-order valence-electron chi connectivity index (χ2n) is 4.46. The highest BCUT2D eigenvalue weighted by atomic mass is 32.2. The van der Waals surface area contributed by atoms with Crippen molar-refractivity contribution in [3.8, 4) is 0 Å². The number of hydrogen-bond donors (Lipinski definition) is 2. The van der Waals surface area contributed by atoms with Gasteiger partial charge in [-0.25, -0.2) is 0 Å². The molecule has 0 saturated heterocycles. The highest BCUT2D eigenvalue weighted by Crippen LogP contribution is 2.24. The van der Waals surface area contributed by atoms with E-state index in [-0.39, 0.29) is 22.9 Å². The molecule has 1 aromatic carbocycles. The third-order valence-electron chi connectivity index (χ3n) is 3.04. The van der Waals surface area contributed by atoms with Crippen molar-refractivity contribution in [2.45, 2.75) is 5.03 Å². The Kier molecular flexibility index (Phi) is 3.49. The zero-order valence-corrected chi connectivity index (χ0v) is 11.6. The predicted octanol–water partition coefficient (Wildman–Crippen LogP) is 3.38. The summed E-state index contributed by atoms with van der Waals surface area (Å²) in [5, 5.41) is 12.6. The van der Waals surface area contributed by atoms with Crippen LogP contribution in [0.3, 0.4) is 0 Å². The van der Waals surface area contributed by atoms with Crippen molar-refractivity contribution in [3.05, 3.63) is 58.4 Å². The number of nitrogens with zero attached hydrogens (tertiary/aromatic N) is 1. The molecule has 0 amide bonds. The monoisotopic (exact) mass is 301 g/mol. The van der Waals surface area contributed by atoms with Gasteiger partial charge in [-0.05, 0) is 12.1 Å². The summed E-state index contributed by atoms with van der Waals surface area (Å²) < 4.78 is 0. The molecule has 6 nitrogen and oxygen atoms in total. The first-order valence-electron chi connectivity index (χ1n) is 6.20. The summed E-state index contributed by atoms with van der Waals surface area (Å²) in [7, 11) is 0. The predicted molar refractivity (Wildman–Crippen MR) is 80.8 cm³/mol. The number of H-pyrrole nitrogens is 2. The lowest BCUT2D eigenvalue weighted by atomic mass is 10.3. The van der Waals surface area contributed by atoms with E-state index >= 15 is 0 Å². The molecule has 0 radical (unpaired) electrons. The van der Waals surface area contributed by atoms with Crippen molar-refractivity contribution in [2.75, 3.05) is 5.75 Å². The van der Waals surface area contributed by atoms with Gasteiger partial charge in [-0.3, -0.25) is 14.9 Å². The van der Waals surface area contributed by atoms with E-state index in [0.717, 1.165) is 15.9 Å². The SMILES string of the molecule is O=C(CSc1cc2ccccc2[nH]1)c1cc([N+](=O)[O-])c[nH]1. The average molecular weight is 301 g/mol. The molecule has 0 bridgehead atoms. The number of rotatable bonds is 5. The molecule has 0 aliphatic heterocycles. The summed E-state index contributed by atoms with van der Waals surface area (Å²) in [5.74, 6) is 0.0385. The van der Waals surface area contributed by atoms with E-state index in [2.05, 4.69) is 9.97 Å². The number of aromatic nitrogens is 2. The smallest absolute Gasteiger partial charge is 0.287 e. The van der Waals surface area contributed by atoms with Crippen molar-refractivity contribution in [3.63, 3.8) is 0 Å². The van der Waals surface area contributed by atoms with Crippen LogP contribution in [-0.4, -0.2) is 26.4 Å². The molecule has 0 unspecified atom stereocenters. The van der Waals surface area contributed by atoms with Crippen molar-refractivity contribution < 1.29 is 9.72 Å². The number of nitro groups is 1. The summed E-state index contributed by atoms with van der Waals surface area (Å²) in [6.07, 6.45) is 1.22. The van der Waals surface area contributed by atoms with E-state index < -0.39 is 4.92 Å². The van der Waals surface area contributed by atoms with Crippen LogP contribution in [0.15, 0.2) is 47.6 Å². The molecule has 2 N–H and O–H groups in total. The standard InChI is InChI=1S/C14H11N3O3S/c18-13(12-6-10(7-15-12)17(19)20)8-21-14-5-9-3-1-2-4-11(9)16-14/h1-7,15-16H,8H2. The quantitative estimate of drug-likeness (QED) is 0.327. The van der Waals surface area contributed by atoms with Gasteiger partial charge in [0, 0.05) is 17.0 Å². The number of fused-ring (bicyclic) bond motifs is 1. The van der Waals surface area contributed by atoms with Gasteiger partial charge in [-0.2, -0.15) is 0 Å². The lowest BCUT2D eigenvalue weighted by Gasteiger charge is -1.96. The van der Waals surface area contributed by atoms with Crippen molar-refractivity contribution in [2.24, 2.45) is 0 Å². The number of nitrogens with one attached hydrogen (secondary N) is 2. The van der Waals surface area contributed by atoms with E-state index in [0.29, 0.717) is 0 Å². The van der Waals surface area contributed by atoms with Gasteiger partial charge in [0.25, 0.3) is 5.69 Å². The Hall–Kier alpha value is -2.54. The minimum atomic E-state index is -0.530. The topological polar surface area (TPSA) is 91.8 Å². The Labute approximate surface area is 123 Å². The minimum absolute atomic E-state index is 0.103. The number of hydrogen-bond acceptors (Lipinski definition) is 4. The number of carbonyl (C=O) groups excluding carboxylic acids is 1. The Morgan fingerprint density at radius 2 is 2.10 bits per heavy atom. The summed E-state index contributed by atoms with van der Waals surface area (Å²) in [6, 6.07) is 11.1. The molecule has 0 saturated carbocycles. The van der Waals surface area contributed by atoms with Crippen LogP contribution >= 0.6 is 11.8 Å². The number of ketones is 1. The Morgan fingerprint density at radius 3 is 2.81 bits per heavy atom. The number of aromatic amines is 2. The van der Waals surface area contributed by atoms with Crippen LogP contribution in [0.1, 0.15) is 10.5 Å². The number of benzene rings is 1. The van der Waals surface area contributed by atoms with Crippen LogP contribution in [0.5, 0.6) is 0 Å². The molecule has 21 heavy (non-hydrogen) atoms. The molecule has 3 rings (SSSR count). The fraction of sp³-hybridized carbons (Fsp3) is 0.0714. The zero-order valence-electron chi connectivity index (χ0n) is 10.8. The van der Waals surface area contributed by atoms with E-state index in [1.54, 1.807) is 0 Å². The fourth-order valence-corrected chi connectivity index (χ4v) is 2.83. The maximum absolute atomic E-state index is 12.0. The van der Waals surface area contributed by atoms with E-state index in [9.17, 15) is 14.9 Å².